The van der Waals surface area contributed by atoms with Crippen molar-refractivity contribution in [2.45, 2.75) is 19.9 Å². The number of carbonyl (C=O) groups is 1. The van der Waals surface area contributed by atoms with Gasteiger partial charge in [-0.2, -0.15) is 0 Å². The number of ether oxygens (including phenoxy) is 1. The van der Waals surface area contributed by atoms with E-state index in [1.54, 1.807) is 22.2 Å². The summed E-state index contributed by atoms with van der Waals surface area (Å²) in [6, 6.07) is 9.68. The van der Waals surface area contributed by atoms with Crippen LogP contribution in [0.3, 0.4) is 0 Å². The Balaban J connectivity index is 1.53. The second-order valence-electron chi connectivity index (χ2n) is 5.21. The molecule has 0 aliphatic heterocycles. The maximum absolute atomic E-state index is 11.9. The molecule has 130 valence electrons. The first kappa shape index (κ1) is 17.6. The van der Waals surface area contributed by atoms with E-state index in [2.05, 4.69) is 38.3 Å². The van der Waals surface area contributed by atoms with Gasteiger partial charge in [-0.15, -0.1) is 16.4 Å². The molecule has 2 heterocycles. The average molecular weight is 421 g/mol. The highest BCUT2D eigenvalue weighted by Crippen LogP contribution is 2.24. The highest BCUT2D eigenvalue weighted by Gasteiger charge is 2.11. The van der Waals surface area contributed by atoms with E-state index < -0.39 is 0 Å². The summed E-state index contributed by atoms with van der Waals surface area (Å²) in [6.07, 6.45) is 2.70. The number of nitrogens with zero attached hydrogens (tertiary/aromatic N) is 3. The molecule has 3 aromatic rings. The molecule has 0 aliphatic carbocycles. The molecule has 1 aromatic carbocycles. The van der Waals surface area contributed by atoms with Crippen LogP contribution < -0.4 is 10.1 Å². The molecule has 0 aliphatic rings. The van der Waals surface area contributed by atoms with Gasteiger partial charge in [0.15, 0.2) is 6.61 Å². The van der Waals surface area contributed by atoms with E-state index in [0.717, 1.165) is 22.8 Å². The molecule has 6 nitrogen and oxygen atoms in total. The number of para-hydroxylation sites is 1. The number of halogens is 1. The van der Waals surface area contributed by atoms with E-state index in [4.69, 9.17) is 4.74 Å². The molecule has 3 rings (SSSR count). The monoisotopic (exact) mass is 420 g/mol. The fraction of sp³-hybridized carbons (Fsp3) is 0.235. The summed E-state index contributed by atoms with van der Waals surface area (Å²) < 4.78 is 7.89. The predicted molar refractivity (Wildman–Crippen MR) is 100 cm³/mol. The Kier molecular flexibility index (Phi) is 5.83. The van der Waals surface area contributed by atoms with Crippen LogP contribution >= 0.6 is 27.3 Å². The van der Waals surface area contributed by atoms with Crippen LogP contribution in [-0.2, 0) is 17.8 Å². The van der Waals surface area contributed by atoms with Gasteiger partial charge in [-0.25, -0.2) is 9.67 Å². The van der Waals surface area contributed by atoms with Crippen molar-refractivity contribution in [1.82, 2.24) is 20.1 Å². The molecule has 25 heavy (non-hydrogen) atoms. The molecule has 1 amide bonds. The number of hydrogen-bond donors (Lipinski definition) is 1. The van der Waals surface area contributed by atoms with Gasteiger partial charge in [0, 0.05) is 11.6 Å². The number of amides is 1. The van der Waals surface area contributed by atoms with Gasteiger partial charge in [-0.3, -0.25) is 4.79 Å². The van der Waals surface area contributed by atoms with Gasteiger partial charge in [-0.05, 0) is 34.5 Å². The maximum atomic E-state index is 11.9. The second kappa shape index (κ2) is 8.26. The van der Waals surface area contributed by atoms with E-state index in [1.165, 1.54) is 0 Å². The summed E-state index contributed by atoms with van der Waals surface area (Å²) in [5.74, 6) is 0.160. The van der Waals surface area contributed by atoms with Crippen molar-refractivity contribution in [3.8, 4) is 11.6 Å². The number of hydrogen-bond acceptors (Lipinski definition) is 5. The van der Waals surface area contributed by atoms with Gasteiger partial charge in [0.05, 0.1) is 27.4 Å². The Morgan fingerprint density at radius 1 is 1.36 bits per heavy atom. The minimum atomic E-state index is -0.216. The van der Waals surface area contributed by atoms with Crippen LogP contribution in [0.2, 0.25) is 0 Å². The Hall–Kier alpha value is -2.19. The van der Waals surface area contributed by atoms with Crippen molar-refractivity contribution in [3.63, 3.8) is 0 Å². The summed E-state index contributed by atoms with van der Waals surface area (Å²) >= 11 is 5.00. The molecular formula is C17H17BrN4O2S. The number of rotatable bonds is 7. The normalized spacial score (nSPS) is 10.6. The third-order valence-electron chi connectivity index (χ3n) is 3.37. The maximum Gasteiger partial charge on any atom is 0.258 e. The molecule has 0 fully saturated rings. The smallest absolute Gasteiger partial charge is 0.258 e. The topological polar surface area (TPSA) is 69.0 Å². The predicted octanol–water partition coefficient (Wildman–Crippen LogP) is 3.35. The van der Waals surface area contributed by atoms with Crippen molar-refractivity contribution < 1.29 is 9.53 Å². The van der Waals surface area contributed by atoms with Crippen LogP contribution in [0.1, 0.15) is 17.6 Å². The first-order valence-electron chi connectivity index (χ1n) is 7.79. The van der Waals surface area contributed by atoms with Crippen molar-refractivity contribution >= 4 is 33.2 Å². The van der Waals surface area contributed by atoms with Crippen LogP contribution in [0.4, 0.5) is 0 Å². The van der Waals surface area contributed by atoms with Gasteiger partial charge in [0.2, 0.25) is 5.88 Å². The molecule has 0 saturated heterocycles. The molecule has 0 spiro atoms. The van der Waals surface area contributed by atoms with Crippen molar-refractivity contribution in [2.24, 2.45) is 0 Å². The lowest BCUT2D eigenvalue weighted by molar-refractivity contribution is -0.123. The third kappa shape index (κ3) is 4.67. The van der Waals surface area contributed by atoms with Gasteiger partial charge >= 0.3 is 0 Å². The first-order chi connectivity index (χ1) is 12.2. The van der Waals surface area contributed by atoms with Gasteiger partial charge < -0.3 is 10.1 Å². The molecule has 2 aromatic heterocycles. The van der Waals surface area contributed by atoms with Crippen LogP contribution in [0.25, 0.3) is 5.69 Å². The number of benzene rings is 1. The molecule has 0 radical (unpaired) electrons. The minimum absolute atomic E-state index is 0.102. The first-order valence-corrected chi connectivity index (χ1v) is 9.46. The summed E-state index contributed by atoms with van der Waals surface area (Å²) in [7, 11) is 0. The average Bonchev–Trinajstić information content (AvgIpc) is 3.25. The van der Waals surface area contributed by atoms with Crippen molar-refractivity contribution in [2.75, 3.05) is 6.61 Å². The zero-order valence-electron chi connectivity index (χ0n) is 13.6. The minimum Gasteiger partial charge on any atom is -0.466 e. The van der Waals surface area contributed by atoms with Crippen LogP contribution in [-0.4, -0.2) is 27.3 Å². The quantitative estimate of drug-likeness (QED) is 0.636. The molecule has 1 N–H and O–H groups in total. The molecule has 0 atom stereocenters. The van der Waals surface area contributed by atoms with Gasteiger partial charge in [0.1, 0.15) is 0 Å². The zero-order chi connectivity index (χ0) is 17.6. The van der Waals surface area contributed by atoms with E-state index in [1.807, 2.05) is 35.7 Å². The lowest BCUT2D eigenvalue weighted by Gasteiger charge is -2.05. The second-order valence-corrected chi connectivity index (χ2v) is 7.01. The van der Waals surface area contributed by atoms with Crippen LogP contribution in [0.15, 0.2) is 46.4 Å². The number of thiazole rings is 1. The Labute approximate surface area is 158 Å². The fourth-order valence-electron chi connectivity index (χ4n) is 2.11. The largest absolute Gasteiger partial charge is 0.466 e. The van der Waals surface area contributed by atoms with E-state index >= 15 is 0 Å². The molecular weight excluding hydrogens is 404 g/mol. The number of nitrogens with one attached hydrogen (secondary N) is 1. The van der Waals surface area contributed by atoms with Crippen LogP contribution in [0.5, 0.6) is 5.88 Å². The lowest BCUT2D eigenvalue weighted by atomic mass is 10.3. The highest BCUT2D eigenvalue weighted by molar-refractivity contribution is 9.10. The Morgan fingerprint density at radius 2 is 2.16 bits per heavy atom. The third-order valence-corrected chi connectivity index (χ3v) is 4.95. The summed E-state index contributed by atoms with van der Waals surface area (Å²) in [5.41, 5.74) is 1.78. The van der Waals surface area contributed by atoms with Crippen molar-refractivity contribution in [1.29, 1.82) is 0 Å². The Morgan fingerprint density at radius 3 is 2.88 bits per heavy atom. The summed E-state index contributed by atoms with van der Waals surface area (Å²) in [6.45, 7) is 2.36. The Bertz CT molecular complexity index is 847. The van der Waals surface area contributed by atoms with Gasteiger partial charge in [-0.1, -0.05) is 25.1 Å². The summed E-state index contributed by atoms with van der Waals surface area (Å²) in [5, 5.41) is 10.2. The molecule has 0 bridgehead atoms. The van der Waals surface area contributed by atoms with Gasteiger partial charge in [0.25, 0.3) is 5.91 Å². The van der Waals surface area contributed by atoms with Crippen LogP contribution in [0, 0.1) is 0 Å². The molecule has 0 saturated carbocycles. The van der Waals surface area contributed by atoms with E-state index in [0.29, 0.717) is 16.9 Å². The zero-order valence-corrected chi connectivity index (χ0v) is 16.0. The lowest BCUT2D eigenvalue weighted by Crippen LogP contribution is -2.28. The standard InChI is InChI=1S/C17H17BrN4O2S/c1-2-16-20-12(11-25-16)8-19-15(23)10-24-17-14(18)9-22(21-17)13-6-4-3-5-7-13/h3-7,9,11H,2,8,10H2,1H3,(H,19,23). The number of aryl methyl sites for hydroxylation is 1. The highest BCUT2D eigenvalue weighted by atomic mass is 79.9. The molecule has 0 unspecified atom stereocenters. The fourth-order valence-corrected chi connectivity index (χ4v) is 3.25. The molecule has 8 heteroatoms. The van der Waals surface area contributed by atoms with Crippen molar-refractivity contribution in [3.05, 3.63) is 57.1 Å². The van der Waals surface area contributed by atoms with E-state index in [-0.39, 0.29) is 12.5 Å². The number of aromatic nitrogens is 3. The summed E-state index contributed by atoms with van der Waals surface area (Å²) in [4.78, 5) is 16.4. The SMILES string of the molecule is CCc1nc(CNC(=O)COc2nn(-c3ccccc3)cc2Br)cs1. The number of carbonyl (C=O) groups excluding carboxylic acids is 1. The van der Waals surface area contributed by atoms with E-state index in [9.17, 15) is 4.79 Å².